The Labute approximate surface area is 166 Å². The summed E-state index contributed by atoms with van der Waals surface area (Å²) >= 11 is 0. The number of para-hydroxylation sites is 1. The Morgan fingerprint density at radius 2 is 1.83 bits per heavy atom. The number of nitrogens with one attached hydrogen (secondary N) is 2. The molecule has 1 aromatic heterocycles. The third-order valence-corrected chi connectivity index (χ3v) is 4.79. The zero-order valence-corrected chi connectivity index (χ0v) is 15.9. The number of hydrogen-bond acceptors (Lipinski definition) is 5. The average Bonchev–Trinajstić information content (AvgIpc) is 3.14. The zero-order chi connectivity index (χ0) is 20.5. The molecular formula is C21H19N5O3. The molecule has 4 rings (SSSR count). The zero-order valence-electron chi connectivity index (χ0n) is 15.9. The molecule has 1 amide bonds. The molecule has 29 heavy (non-hydrogen) atoms. The maximum Gasteiger partial charge on any atom is 0.352 e. The first kappa shape index (κ1) is 18.4. The number of carboxylic acid groups (broad SMARTS) is 1. The van der Waals surface area contributed by atoms with Crippen molar-refractivity contribution in [3.63, 3.8) is 0 Å². The van der Waals surface area contributed by atoms with Gasteiger partial charge in [-0.1, -0.05) is 53.2 Å². The summed E-state index contributed by atoms with van der Waals surface area (Å²) in [5.74, 6) is -1.36. The second kappa shape index (κ2) is 7.23. The molecule has 0 fully saturated rings. The van der Waals surface area contributed by atoms with Gasteiger partial charge in [0.2, 0.25) is 0 Å². The van der Waals surface area contributed by atoms with Gasteiger partial charge in [0, 0.05) is 5.69 Å². The molecular weight excluding hydrogens is 370 g/mol. The fraction of sp³-hybridized carbons (Fsp3) is 0.143. The number of allylic oxidation sites excluding steroid dienone is 1. The van der Waals surface area contributed by atoms with E-state index in [2.05, 4.69) is 20.9 Å². The Balaban J connectivity index is 1.73. The molecule has 1 unspecified atom stereocenters. The lowest BCUT2D eigenvalue weighted by atomic mass is 10.0. The van der Waals surface area contributed by atoms with Gasteiger partial charge in [-0.3, -0.25) is 4.79 Å². The summed E-state index contributed by atoms with van der Waals surface area (Å²) < 4.78 is 1.52. The number of amides is 1. The molecule has 8 heteroatoms. The highest BCUT2D eigenvalue weighted by atomic mass is 16.4. The maximum atomic E-state index is 12.8. The standard InChI is InChI=1S/C21H19N5O3/c1-12-7-9-14(10-8-12)17-11-16(21(28)29)22-19-18(24-25-26(17)19)20(27)23-15-6-4-3-5-13(15)2/h3-11,17,22H,1-2H3,(H,23,27)(H,28,29). The average molecular weight is 389 g/mol. The number of aliphatic carboxylic acids is 1. The van der Waals surface area contributed by atoms with E-state index in [4.69, 9.17) is 0 Å². The van der Waals surface area contributed by atoms with Crippen LogP contribution in [0.5, 0.6) is 0 Å². The summed E-state index contributed by atoms with van der Waals surface area (Å²) in [6.07, 6.45) is 1.55. The summed E-state index contributed by atoms with van der Waals surface area (Å²) in [6, 6.07) is 14.6. The monoisotopic (exact) mass is 389 g/mol. The number of carbonyl (C=O) groups is 2. The number of carboxylic acids is 1. The first-order valence-electron chi connectivity index (χ1n) is 9.05. The molecule has 8 nitrogen and oxygen atoms in total. The van der Waals surface area contributed by atoms with Gasteiger partial charge in [0.1, 0.15) is 11.7 Å². The van der Waals surface area contributed by atoms with Crippen LogP contribution in [-0.2, 0) is 4.79 Å². The van der Waals surface area contributed by atoms with Crippen molar-refractivity contribution < 1.29 is 14.7 Å². The normalized spacial score (nSPS) is 15.1. The minimum absolute atomic E-state index is 0.0252. The number of rotatable bonds is 4. The van der Waals surface area contributed by atoms with Gasteiger partial charge in [0.15, 0.2) is 11.5 Å². The van der Waals surface area contributed by atoms with Gasteiger partial charge in [-0.05, 0) is 37.1 Å². The van der Waals surface area contributed by atoms with E-state index in [0.717, 1.165) is 16.7 Å². The predicted molar refractivity (Wildman–Crippen MR) is 108 cm³/mol. The number of aryl methyl sites for hydroxylation is 2. The number of carbonyl (C=O) groups excluding carboxylic acids is 1. The molecule has 1 aliphatic heterocycles. The number of hydrogen-bond donors (Lipinski definition) is 3. The van der Waals surface area contributed by atoms with Crippen LogP contribution in [0.25, 0.3) is 0 Å². The van der Waals surface area contributed by atoms with Crippen LogP contribution in [0.2, 0.25) is 0 Å². The third kappa shape index (κ3) is 3.47. The first-order chi connectivity index (χ1) is 13.9. The van der Waals surface area contributed by atoms with Gasteiger partial charge in [-0.2, -0.15) is 0 Å². The highest BCUT2D eigenvalue weighted by Gasteiger charge is 2.30. The lowest BCUT2D eigenvalue weighted by Gasteiger charge is -2.23. The lowest BCUT2D eigenvalue weighted by Crippen LogP contribution is -2.25. The van der Waals surface area contributed by atoms with E-state index in [-0.39, 0.29) is 17.2 Å². The fourth-order valence-corrected chi connectivity index (χ4v) is 3.18. The molecule has 146 valence electrons. The van der Waals surface area contributed by atoms with Crippen LogP contribution >= 0.6 is 0 Å². The van der Waals surface area contributed by atoms with Crippen LogP contribution in [0.1, 0.15) is 33.2 Å². The van der Waals surface area contributed by atoms with Crippen molar-refractivity contribution >= 4 is 23.4 Å². The quantitative estimate of drug-likeness (QED) is 0.633. The lowest BCUT2D eigenvalue weighted by molar-refractivity contribution is -0.132. The van der Waals surface area contributed by atoms with Crippen molar-refractivity contribution in [2.24, 2.45) is 0 Å². The van der Waals surface area contributed by atoms with Gasteiger partial charge in [0.05, 0.1) is 0 Å². The molecule has 0 saturated carbocycles. The molecule has 2 aromatic carbocycles. The topological polar surface area (TPSA) is 109 Å². The molecule has 3 N–H and O–H groups in total. The molecule has 3 aromatic rings. The fourth-order valence-electron chi connectivity index (χ4n) is 3.18. The van der Waals surface area contributed by atoms with E-state index in [1.165, 1.54) is 4.68 Å². The van der Waals surface area contributed by atoms with Crippen LogP contribution in [0.15, 0.2) is 60.3 Å². The molecule has 0 saturated heterocycles. The van der Waals surface area contributed by atoms with Gasteiger partial charge in [-0.15, -0.1) is 5.10 Å². The molecule has 1 atom stereocenters. The molecule has 2 heterocycles. The molecule has 0 bridgehead atoms. The van der Waals surface area contributed by atoms with Gasteiger partial charge >= 0.3 is 5.97 Å². The summed E-state index contributed by atoms with van der Waals surface area (Å²) in [5, 5.41) is 23.3. The number of anilines is 2. The number of benzene rings is 2. The molecule has 0 radical (unpaired) electrons. The first-order valence-corrected chi connectivity index (χ1v) is 9.05. The minimum atomic E-state index is -1.13. The third-order valence-electron chi connectivity index (χ3n) is 4.79. The second-order valence-electron chi connectivity index (χ2n) is 6.87. The van der Waals surface area contributed by atoms with Crippen molar-refractivity contribution in [2.75, 3.05) is 10.6 Å². The van der Waals surface area contributed by atoms with Crippen molar-refractivity contribution in [2.45, 2.75) is 19.9 Å². The second-order valence-corrected chi connectivity index (χ2v) is 6.87. The number of fused-ring (bicyclic) bond motifs is 1. The van der Waals surface area contributed by atoms with Crippen molar-refractivity contribution in [3.05, 3.63) is 82.7 Å². The summed E-state index contributed by atoms with van der Waals surface area (Å²) in [4.78, 5) is 24.5. The summed E-state index contributed by atoms with van der Waals surface area (Å²) in [7, 11) is 0. The SMILES string of the molecule is Cc1ccc(C2C=C(C(=O)O)Nc3c(C(=O)Nc4ccccc4C)nnn32)cc1. The molecule has 0 spiro atoms. The largest absolute Gasteiger partial charge is 0.477 e. The Kier molecular flexibility index (Phi) is 4.59. The van der Waals surface area contributed by atoms with Crippen molar-refractivity contribution in [1.82, 2.24) is 15.0 Å². The van der Waals surface area contributed by atoms with Gasteiger partial charge in [0.25, 0.3) is 5.91 Å². The van der Waals surface area contributed by atoms with Crippen molar-refractivity contribution in [3.8, 4) is 0 Å². The van der Waals surface area contributed by atoms with Gasteiger partial charge in [-0.25, -0.2) is 9.48 Å². The molecule has 1 aliphatic rings. The number of aromatic nitrogens is 3. The van der Waals surface area contributed by atoms with Gasteiger partial charge < -0.3 is 15.7 Å². The van der Waals surface area contributed by atoms with E-state index in [1.54, 1.807) is 12.1 Å². The Bertz CT molecular complexity index is 1130. The summed E-state index contributed by atoms with van der Waals surface area (Å²) in [6.45, 7) is 3.85. The predicted octanol–water partition coefficient (Wildman–Crippen LogP) is 3.13. The van der Waals surface area contributed by atoms with E-state index < -0.39 is 17.9 Å². The van der Waals surface area contributed by atoms with E-state index >= 15 is 0 Å². The Hall–Kier alpha value is -3.94. The van der Waals surface area contributed by atoms with Crippen molar-refractivity contribution in [1.29, 1.82) is 0 Å². The summed E-state index contributed by atoms with van der Waals surface area (Å²) in [5.41, 5.74) is 3.47. The highest BCUT2D eigenvalue weighted by molar-refractivity contribution is 6.07. The number of nitrogens with zero attached hydrogens (tertiary/aromatic N) is 3. The Morgan fingerprint density at radius 3 is 2.52 bits per heavy atom. The minimum Gasteiger partial charge on any atom is -0.477 e. The van der Waals surface area contributed by atoms with Crippen LogP contribution in [0.4, 0.5) is 11.5 Å². The van der Waals surface area contributed by atoms with Crippen LogP contribution < -0.4 is 10.6 Å². The van der Waals surface area contributed by atoms with Crippen LogP contribution in [0, 0.1) is 13.8 Å². The smallest absolute Gasteiger partial charge is 0.352 e. The van der Waals surface area contributed by atoms with Crippen LogP contribution in [0.3, 0.4) is 0 Å². The highest BCUT2D eigenvalue weighted by Crippen LogP contribution is 2.31. The Morgan fingerprint density at radius 1 is 1.10 bits per heavy atom. The van der Waals surface area contributed by atoms with E-state index in [0.29, 0.717) is 5.69 Å². The van der Waals surface area contributed by atoms with Crippen LogP contribution in [-0.4, -0.2) is 32.0 Å². The van der Waals surface area contributed by atoms with E-state index in [1.807, 2.05) is 56.3 Å². The van der Waals surface area contributed by atoms with E-state index in [9.17, 15) is 14.7 Å². The molecule has 0 aliphatic carbocycles. The maximum absolute atomic E-state index is 12.8.